The van der Waals surface area contributed by atoms with Crippen LogP contribution in [0.25, 0.3) is 0 Å². The van der Waals surface area contributed by atoms with E-state index in [4.69, 9.17) is 10.00 Å². The largest absolute Gasteiger partial charge is 0.495 e. The number of rotatable bonds is 2. The Balaban J connectivity index is 3.39. The molecule has 1 atom stereocenters. The zero-order chi connectivity index (χ0) is 10.7. The third-order valence-electron chi connectivity index (χ3n) is 2.20. The van der Waals surface area contributed by atoms with Gasteiger partial charge in [0.2, 0.25) is 0 Å². The molecule has 1 aromatic carbocycles. The van der Waals surface area contributed by atoms with Crippen molar-refractivity contribution in [1.82, 2.24) is 0 Å². The van der Waals surface area contributed by atoms with E-state index in [1.807, 2.05) is 26.0 Å². The summed E-state index contributed by atoms with van der Waals surface area (Å²) >= 11 is 3.40. The van der Waals surface area contributed by atoms with Crippen molar-refractivity contribution in [3.05, 3.63) is 27.7 Å². The molecule has 0 radical (unpaired) electrons. The molecule has 1 rings (SSSR count). The summed E-state index contributed by atoms with van der Waals surface area (Å²) in [6.45, 7) is 3.86. The fraction of sp³-hybridized carbons (Fsp3) is 0.364. The van der Waals surface area contributed by atoms with E-state index < -0.39 is 0 Å². The minimum Gasteiger partial charge on any atom is -0.495 e. The highest BCUT2D eigenvalue weighted by atomic mass is 79.9. The van der Waals surface area contributed by atoms with E-state index in [-0.39, 0.29) is 5.92 Å². The van der Waals surface area contributed by atoms with Crippen LogP contribution in [0.5, 0.6) is 5.75 Å². The lowest BCUT2D eigenvalue weighted by Crippen LogP contribution is -1.99. The molecule has 0 aliphatic heterocycles. The number of aryl methyl sites for hydroxylation is 1. The van der Waals surface area contributed by atoms with Gasteiger partial charge in [-0.2, -0.15) is 5.26 Å². The first-order chi connectivity index (χ1) is 6.61. The number of nitrogens with zero attached hydrogens (tertiary/aromatic N) is 1. The van der Waals surface area contributed by atoms with Gasteiger partial charge in [-0.1, -0.05) is 6.07 Å². The van der Waals surface area contributed by atoms with Gasteiger partial charge in [0.1, 0.15) is 5.75 Å². The lowest BCUT2D eigenvalue weighted by molar-refractivity contribution is 0.405. The molecular weight excluding hydrogens is 242 g/mol. The quantitative estimate of drug-likeness (QED) is 0.810. The first-order valence-electron chi connectivity index (χ1n) is 4.34. The van der Waals surface area contributed by atoms with Crippen LogP contribution >= 0.6 is 15.9 Å². The summed E-state index contributed by atoms with van der Waals surface area (Å²) in [4.78, 5) is 0. The number of methoxy groups -OCH3 is 1. The number of hydrogen-bond donors (Lipinski definition) is 0. The van der Waals surface area contributed by atoms with Crippen LogP contribution in [0.3, 0.4) is 0 Å². The number of ether oxygens (including phenoxy) is 1. The molecule has 0 aliphatic carbocycles. The second-order valence-electron chi connectivity index (χ2n) is 3.16. The molecular formula is C11H12BrNO. The zero-order valence-electron chi connectivity index (χ0n) is 8.47. The molecule has 0 N–H and O–H groups in total. The molecule has 0 saturated carbocycles. The van der Waals surface area contributed by atoms with E-state index >= 15 is 0 Å². The summed E-state index contributed by atoms with van der Waals surface area (Å²) in [5, 5.41) is 8.90. The second kappa shape index (κ2) is 4.47. The summed E-state index contributed by atoms with van der Waals surface area (Å²) in [5.74, 6) is 0.612. The Morgan fingerprint density at radius 3 is 2.64 bits per heavy atom. The fourth-order valence-corrected chi connectivity index (χ4v) is 1.99. The predicted molar refractivity (Wildman–Crippen MR) is 59.5 cm³/mol. The number of nitriles is 1. The van der Waals surface area contributed by atoms with E-state index in [1.165, 1.54) is 0 Å². The zero-order valence-corrected chi connectivity index (χ0v) is 10.1. The summed E-state index contributed by atoms with van der Waals surface area (Å²) in [6, 6.07) is 6.14. The van der Waals surface area contributed by atoms with E-state index in [2.05, 4.69) is 22.0 Å². The van der Waals surface area contributed by atoms with Crippen LogP contribution in [-0.4, -0.2) is 7.11 Å². The van der Waals surface area contributed by atoms with Crippen LogP contribution in [0.15, 0.2) is 16.6 Å². The molecule has 0 aromatic heterocycles. The van der Waals surface area contributed by atoms with Crippen molar-refractivity contribution in [1.29, 1.82) is 5.26 Å². The van der Waals surface area contributed by atoms with Gasteiger partial charge in [-0.25, -0.2) is 0 Å². The summed E-state index contributed by atoms with van der Waals surface area (Å²) in [7, 11) is 1.62. The minimum atomic E-state index is -0.151. The molecule has 14 heavy (non-hydrogen) atoms. The number of benzene rings is 1. The van der Waals surface area contributed by atoms with Crippen LogP contribution in [0.2, 0.25) is 0 Å². The fourth-order valence-electron chi connectivity index (χ4n) is 1.48. The third-order valence-corrected chi connectivity index (χ3v) is 2.82. The van der Waals surface area contributed by atoms with Crippen molar-refractivity contribution in [2.75, 3.05) is 7.11 Å². The van der Waals surface area contributed by atoms with Gasteiger partial charge in [0, 0.05) is 5.56 Å². The standard InChI is InChI=1S/C11H12BrNO/c1-7-4-5-9(12)11(14-3)10(7)8(2)6-13/h4-5,8H,1-3H3. The Bertz CT molecular complexity index is 382. The van der Waals surface area contributed by atoms with Gasteiger partial charge in [-0.15, -0.1) is 0 Å². The van der Waals surface area contributed by atoms with Crippen molar-refractivity contribution in [3.63, 3.8) is 0 Å². The maximum Gasteiger partial charge on any atom is 0.137 e. The van der Waals surface area contributed by atoms with Crippen molar-refractivity contribution in [2.24, 2.45) is 0 Å². The summed E-state index contributed by atoms with van der Waals surface area (Å²) in [5.41, 5.74) is 2.04. The Labute approximate surface area is 92.6 Å². The normalized spacial score (nSPS) is 11.9. The highest BCUT2D eigenvalue weighted by molar-refractivity contribution is 9.10. The first-order valence-corrected chi connectivity index (χ1v) is 5.13. The molecule has 0 bridgehead atoms. The summed E-state index contributed by atoms with van der Waals surface area (Å²) in [6.07, 6.45) is 0. The monoisotopic (exact) mass is 253 g/mol. The highest BCUT2D eigenvalue weighted by Crippen LogP contribution is 2.35. The maximum atomic E-state index is 8.90. The molecule has 0 aliphatic rings. The van der Waals surface area contributed by atoms with E-state index in [9.17, 15) is 0 Å². The van der Waals surface area contributed by atoms with E-state index in [0.717, 1.165) is 21.3 Å². The van der Waals surface area contributed by atoms with Crippen molar-refractivity contribution in [2.45, 2.75) is 19.8 Å². The Hall–Kier alpha value is -1.01. The molecule has 74 valence electrons. The molecule has 2 nitrogen and oxygen atoms in total. The molecule has 0 saturated heterocycles. The average Bonchev–Trinajstić information content (AvgIpc) is 2.19. The van der Waals surface area contributed by atoms with Gasteiger partial charge in [0.05, 0.1) is 23.6 Å². The third kappa shape index (κ3) is 1.91. The molecule has 0 fully saturated rings. The average molecular weight is 254 g/mol. The topological polar surface area (TPSA) is 33.0 Å². The van der Waals surface area contributed by atoms with Crippen molar-refractivity contribution >= 4 is 15.9 Å². The summed E-state index contributed by atoms with van der Waals surface area (Å²) < 4.78 is 6.17. The molecule has 1 unspecified atom stereocenters. The lowest BCUT2D eigenvalue weighted by Gasteiger charge is -2.14. The van der Waals surface area contributed by atoms with Crippen molar-refractivity contribution < 1.29 is 4.74 Å². The predicted octanol–water partition coefficient (Wildman–Crippen LogP) is 3.39. The SMILES string of the molecule is COc1c(Br)ccc(C)c1C(C)C#N. The van der Waals surface area contributed by atoms with Crippen LogP contribution in [0.1, 0.15) is 24.0 Å². The van der Waals surface area contributed by atoms with Crippen molar-refractivity contribution in [3.8, 4) is 11.8 Å². The number of hydrogen-bond acceptors (Lipinski definition) is 2. The van der Waals surface area contributed by atoms with Gasteiger partial charge in [0.15, 0.2) is 0 Å². The molecule has 0 amide bonds. The number of halogens is 1. The Morgan fingerprint density at radius 1 is 1.50 bits per heavy atom. The van der Waals surface area contributed by atoms with E-state index in [0.29, 0.717) is 0 Å². The van der Waals surface area contributed by atoms with Crippen LogP contribution in [0.4, 0.5) is 0 Å². The Morgan fingerprint density at radius 2 is 2.14 bits per heavy atom. The minimum absolute atomic E-state index is 0.151. The van der Waals surface area contributed by atoms with Gasteiger partial charge < -0.3 is 4.74 Å². The molecule has 3 heteroatoms. The Kier molecular flexibility index (Phi) is 3.54. The smallest absolute Gasteiger partial charge is 0.137 e. The van der Waals surface area contributed by atoms with Gasteiger partial charge in [0.25, 0.3) is 0 Å². The van der Waals surface area contributed by atoms with Gasteiger partial charge >= 0.3 is 0 Å². The highest BCUT2D eigenvalue weighted by Gasteiger charge is 2.15. The maximum absolute atomic E-state index is 8.90. The molecule has 1 aromatic rings. The van der Waals surface area contributed by atoms with Gasteiger partial charge in [-0.3, -0.25) is 0 Å². The first kappa shape index (κ1) is 11.1. The van der Waals surface area contributed by atoms with Crippen LogP contribution in [-0.2, 0) is 0 Å². The van der Waals surface area contributed by atoms with Gasteiger partial charge in [-0.05, 0) is 41.4 Å². The lowest BCUT2D eigenvalue weighted by atomic mass is 9.96. The van der Waals surface area contributed by atoms with Crippen LogP contribution in [0, 0.1) is 18.3 Å². The second-order valence-corrected chi connectivity index (χ2v) is 4.02. The molecule has 0 spiro atoms. The molecule has 0 heterocycles. The van der Waals surface area contributed by atoms with Crippen LogP contribution < -0.4 is 4.74 Å². The van der Waals surface area contributed by atoms with E-state index in [1.54, 1.807) is 7.11 Å².